The highest BCUT2D eigenvalue weighted by Gasteiger charge is 2.17. The summed E-state index contributed by atoms with van der Waals surface area (Å²) in [6.45, 7) is 7.26. The van der Waals surface area contributed by atoms with E-state index >= 15 is 0 Å². The van der Waals surface area contributed by atoms with Gasteiger partial charge in [0.25, 0.3) is 5.69 Å². The Balaban J connectivity index is 2.28. The fraction of sp³-hybridized carbons (Fsp3) is 0. The lowest BCUT2D eigenvalue weighted by Gasteiger charge is -2.03. The quantitative estimate of drug-likeness (QED) is 0.441. The Bertz CT molecular complexity index is 891. The standard InChI is InChI=1S/C13H8N6O2/c1-15-10-6-18-12(13(14)16-7-17-18)11(10)8-2-4-9(5-3-8)19(20)21/h2-7H,(H2,14,16,17). The van der Waals surface area contributed by atoms with E-state index in [0.29, 0.717) is 22.3 Å². The molecule has 3 rings (SSSR count). The third-order valence-corrected chi connectivity index (χ3v) is 3.07. The van der Waals surface area contributed by atoms with E-state index in [9.17, 15) is 10.1 Å². The second kappa shape index (κ2) is 4.57. The lowest BCUT2D eigenvalue weighted by atomic mass is 10.1. The zero-order valence-electron chi connectivity index (χ0n) is 10.6. The molecular weight excluding hydrogens is 272 g/mol. The van der Waals surface area contributed by atoms with Crippen molar-refractivity contribution in [2.24, 2.45) is 0 Å². The summed E-state index contributed by atoms with van der Waals surface area (Å²) in [5, 5.41) is 14.7. The van der Waals surface area contributed by atoms with Crippen LogP contribution in [0.3, 0.4) is 0 Å². The lowest BCUT2D eigenvalue weighted by Crippen LogP contribution is -1.98. The van der Waals surface area contributed by atoms with Gasteiger partial charge in [0.05, 0.1) is 11.5 Å². The van der Waals surface area contributed by atoms with Crippen LogP contribution in [0.2, 0.25) is 0 Å². The molecule has 0 aliphatic carbocycles. The van der Waals surface area contributed by atoms with Gasteiger partial charge in [-0.1, -0.05) is 0 Å². The number of aromatic nitrogens is 3. The van der Waals surface area contributed by atoms with Gasteiger partial charge < -0.3 is 5.73 Å². The van der Waals surface area contributed by atoms with Gasteiger partial charge >= 0.3 is 0 Å². The second-order valence-electron chi connectivity index (χ2n) is 4.24. The third kappa shape index (κ3) is 1.93. The van der Waals surface area contributed by atoms with Crippen LogP contribution in [0.15, 0.2) is 36.8 Å². The first-order valence-electron chi connectivity index (χ1n) is 5.86. The molecule has 0 amide bonds. The summed E-state index contributed by atoms with van der Waals surface area (Å²) in [6, 6.07) is 5.92. The number of nitrogens with zero attached hydrogens (tertiary/aromatic N) is 5. The van der Waals surface area contributed by atoms with Gasteiger partial charge in [-0.05, 0) is 17.7 Å². The van der Waals surface area contributed by atoms with E-state index in [1.165, 1.54) is 23.0 Å². The predicted octanol–water partition coefficient (Wildman–Crippen LogP) is 2.44. The molecule has 2 heterocycles. The van der Waals surface area contributed by atoms with Crippen LogP contribution in [0.25, 0.3) is 21.5 Å². The minimum absolute atomic E-state index is 0.0177. The first-order chi connectivity index (χ1) is 10.1. The van der Waals surface area contributed by atoms with Crippen molar-refractivity contribution in [3.8, 4) is 11.1 Å². The summed E-state index contributed by atoms with van der Waals surface area (Å²) in [7, 11) is 0. The highest BCUT2D eigenvalue weighted by molar-refractivity contribution is 5.96. The van der Waals surface area contributed by atoms with Gasteiger partial charge in [0.15, 0.2) is 5.82 Å². The topological polar surface area (TPSA) is 104 Å². The molecule has 0 spiro atoms. The maximum Gasteiger partial charge on any atom is 0.269 e. The molecule has 0 saturated carbocycles. The van der Waals surface area contributed by atoms with Gasteiger partial charge in [-0.15, -0.1) is 0 Å². The average molecular weight is 280 g/mol. The fourth-order valence-corrected chi connectivity index (χ4v) is 2.14. The summed E-state index contributed by atoms with van der Waals surface area (Å²) < 4.78 is 1.48. The fourth-order valence-electron chi connectivity index (χ4n) is 2.14. The van der Waals surface area contributed by atoms with E-state index in [-0.39, 0.29) is 11.5 Å². The van der Waals surface area contributed by atoms with Crippen molar-refractivity contribution in [1.29, 1.82) is 0 Å². The molecule has 8 heteroatoms. The SMILES string of the molecule is [C-]#[N+]c1cn2ncnc(N)c2c1-c1ccc([N+](=O)[O-])cc1. The summed E-state index contributed by atoms with van der Waals surface area (Å²) in [4.78, 5) is 17.6. The molecule has 2 aromatic heterocycles. The Kier molecular flexibility index (Phi) is 2.73. The van der Waals surface area contributed by atoms with E-state index in [2.05, 4.69) is 14.9 Å². The lowest BCUT2D eigenvalue weighted by molar-refractivity contribution is -0.384. The van der Waals surface area contributed by atoms with Crippen LogP contribution < -0.4 is 5.73 Å². The molecule has 2 N–H and O–H groups in total. The number of nitrogen functional groups attached to an aromatic ring is 1. The molecule has 0 unspecified atom stereocenters. The number of nitro benzene ring substituents is 1. The van der Waals surface area contributed by atoms with Crippen molar-refractivity contribution >= 4 is 22.7 Å². The van der Waals surface area contributed by atoms with Crippen LogP contribution in [-0.4, -0.2) is 19.5 Å². The van der Waals surface area contributed by atoms with E-state index in [1.54, 1.807) is 18.3 Å². The number of rotatable bonds is 2. The number of nitrogens with two attached hydrogens (primary N) is 1. The van der Waals surface area contributed by atoms with Crippen LogP contribution >= 0.6 is 0 Å². The molecule has 0 radical (unpaired) electrons. The summed E-state index contributed by atoms with van der Waals surface area (Å²) >= 11 is 0. The first kappa shape index (κ1) is 12.6. The van der Waals surface area contributed by atoms with Crippen molar-refractivity contribution in [3.05, 3.63) is 58.3 Å². The van der Waals surface area contributed by atoms with Crippen molar-refractivity contribution in [2.75, 3.05) is 5.73 Å². The maximum atomic E-state index is 10.7. The summed E-state index contributed by atoms with van der Waals surface area (Å²) in [6.07, 6.45) is 2.85. The molecule has 0 fully saturated rings. The minimum Gasteiger partial charge on any atom is -0.382 e. The molecule has 0 aliphatic rings. The van der Waals surface area contributed by atoms with Crippen molar-refractivity contribution in [1.82, 2.24) is 14.6 Å². The Hall–Kier alpha value is -3.47. The predicted molar refractivity (Wildman–Crippen MR) is 75.8 cm³/mol. The highest BCUT2D eigenvalue weighted by Crippen LogP contribution is 2.37. The highest BCUT2D eigenvalue weighted by atomic mass is 16.6. The van der Waals surface area contributed by atoms with Crippen molar-refractivity contribution in [2.45, 2.75) is 0 Å². The molecule has 102 valence electrons. The number of hydrogen-bond donors (Lipinski definition) is 1. The molecular formula is C13H8N6O2. The molecule has 21 heavy (non-hydrogen) atoms. The normalized spacial score (nSPS) is 10.4. The third-order valence-electron chi connectivity index (χ3n) is 3.07. The number of anilines is 1. The maximum absolute atomic E-state index is 10.7. The number of benzene rings is 1. The average Bonchev–Trinajstić information content (AvgIpc) is 2.87. The van der Waals surface area contributed by atoms with Gasteiger partial charge in [0, 0.05) is 23.9 Å². The van der Waals surface area contributed by atoms with Crippen molar-refractivity contribution in [3.63, 3.8) is 0 Å². The molecule has 3 aromatic rings. The molecule has 8 nitrogen and oxygen atoms in total. The van der Waals surface area contributed by atoms with Gasteiger partial charge in [0.1, 0.15) is 11.8 Å². The Morgan fingerprint density at radius 3 is 2.67 bits per heavy atom. The van der Waals surface area contributed by atoms with Gasteiger partial charge in [0.2, 0.25) is 5.69 Å². The first-order valence-corrected chi connectivity index (χ1v) is 5.86. The van der Waals surface area contributed by atoms with Crippen LogP contribution in [0.5, 0.6) is 0 Å². The summed E-state index contributed by atoms with van der Waals surface area (Å²) in [5.41, 5.74) is 7.92. The van der Waals surface area contributed by atoms with Gasteiger partial charge in [-0.3, -0.25) is 10.1 Å². The van der Waals surface area contributed by atoms with E-state index in [1.807, 2.05) is 0 Å². The summed E-state index contributed by atoms with van der Waals surface area (Å²) in [5.74, 6) is 0.244. The van der Waals surface area contributed by atoms with Crippen LogP contribution in [0.4, 0.5) is 17.2 Å². The van der Waals surface area contributed by atoms with Crippen LogP contribution in [-0.2, 0) is 0 Å². The Morgan fingerprint density at radius 2 is 2.05 bits per heavy atom. The second-order valence-corrected chi connectivity index (χ2v) is 4.24. The van der Waals surface area contributed by atoms with E-state index in [4.69, 9.17) is 12.3 Å². The monoisotopic (exact) mass is 280 g/mol. The van der Waals surface area contributed by atoms with E-state index < -0.39 is 4.92 Å². The smallest absolute Gasteiger partial charge is 0.269 e. The zero-order valence-corrected chi connectivity index (χ0v) is 10.6. The van der Waals surface area contributed by atoms with Gasteiger partial charge in [-0.25, -0.2) is 14.3 Å². The van der Waals surface area contributed by atoms with Gasteiger partial charge in [-0.2, -0.15) is 5.10 Å². The molecule has 0 bridgehead atoms. The number of non-ortho nitro benzene ring substituents is 1. The molecule has 0 atom stereocenters. The molecule has 1 aromatic carbocycles. The largest absolute Gasteiger partial charge is 0.382 e. The number of hydrogen-bond acceptors (Lipinski definition) is 5. The Labute approximate surface area is 118 Å². The molecule has 0 aliphatic heterocycles. The number of nitro groups is 1. The molecule has 0 saturated heterocycles. The van der Waals surface area contributed by atoms with Crippen LogP contribution in [0.1, 0.15) is 0 Å². The zero-order chi connectivity index (χ0) is 15.0. The minimum atomic E-state index is -0.477. The van der Waals surface area contributed by atoms with Crippen LogP contribution in [0, 0.1) is 16.7 Å². The van der Waals surface area contributed by atoms with E-state index in [0.717, 1.165) is 0 Å². The number of fused-ring (bicyclic) bond motifs is 1. The Morgan fingerprint density at radius 1 is 1.33 bits per heavy atom. The van der Waals surface area contributed by atoms with Crippen molar-refractivity contribution < 1.29 is 4.92 Å².